The zero-order valence-electron chi connectivity index (χ0n) is 6.98. The Hall–Kier alpha value is -1.16. The second-order valence-corrected chi connectivity index (χ2v) is 2.95. The highest BCUT2D eigenvalue weighted by Gasteiger charge is 2.12. The lowest BCUT2D eigenvalue weighted by molar-refractivity contribution is -0.655. The van der Waals surface area contributed by atoms with Gasteiger partial charge in [-0.05, 0) is 0 Å². The van der Waals surface area contributed by atoms with Crippen molar-refractivity contribution in [3.63, 3.8) is 0 Å². The molecular formula is C8H13N4+. The standard InChI is InChI=1S/C8H12N4/c1-3-12(4-2-9-1)8-5-10-7-11-6-8/h5-7,9H,1-4H2/p+1. The molecule has 12 heavy (non-hydrogen) atoms. The molecule has 0 radical (unpaired) electrons. The second kappa shape index (κ2) is 3.49. The molecule has 1 fully saturated rings. The summed E-state index contributed by atoms with van der Waals surface area (Å²) in [5.74, 6) is 0. The van der Waals surface area contributed by atoms with E-state index in [1.165, 1.54) is 13.1 Å². The number of rotatable bonds is 1. The van der Waals surface area contributed by atoms with Gasteiger partial charge in [-0.3, -0.25) is 0 Å². The van der Waals surface area contributed by atoms with Crippen molar-refractivity contribution in [1.29, 1.82) is 0 Å². The van der Waals surface area contributed by atoms with Gasteiger partial charge in [0.2, 0.25) is 0 Å². The molecule has 0 atom stereocenters. The van der Waals surface area contributed by atoms with Crippen LogP contribution in [0.25, 0.3) is 0 Å². The largest absolute Gasteiger partial charge is 0.358 e. The van der Waals surface area contributed by atoms with E-state index in [1.54, 1.807) is 6.33 Å². The van der Waals surface area contributed by atoms with Crippen molar-refractivity contribution >= 4 is 5.69 Å². The molecular weight excluding hydrogens is 152 g/mol. The minimum absolute atomic E-state index is 1.10. The van der Waals surface area contributed by atoms with Crippen LogP contribution in [0.1, 0.15) is 0 Å². The Morgan fingerprint density at radius 3 is 2.50 bits per heavy atom. The maximum Gasteiger partial charge on any atom is 0.115 e. The third-order valence-corrected chi connectivity index (χ3v) is 2.12. The van der Waals surface area contributed by atoms with Crippen molar-refractivity contribution in [2.75, 3.05) is 31.1 Å². The van der Waals surface area contributed by atoms with E-state index < -0.39 is 0 Å². The smallest absolute Gasteiger partial charge is 0.115 e. The molecule has 0 amide bonds. The van der Waals surface area contributed by atoms with E-state index in [0.717, 1.165) is 18.8 Å². The van der Waals surface area contributed by atoms with Crippen molar-refractivity contribution in [1.82, 2.24) is 9.97 Å². The van der Waals surface area contributed by atoms with Crippen LogP contribution in [-0.2, 0) is 0 Å². The fraction of sp³-hybridized carbons (Fsp3) is 0.500. The monoisotopic (exact) mass is 165 g/mol. The molecule has 1 aliphatic heterocycles. The summed E-state index contributed by atoms with van der Waals surface area (Å²) in [4.78, 5) is 10.3. The van der Waals surface area contributed by atoms with Crippen LogP contribution in [0.4, 0.5) is 5.69 Å². The van der Waals surface area contributed by atoms with Crippen molar-refractivity contribution < 1.29 is 5.32 Å². The Morgan fingerprint density at radius 2 is 1.83 bits per heavy atom. The Bertz CT molecular complexity index is 230. The predicted molar refractivity (Wildman–Crippen MR) is 45.9 cm³/mol. The highest BCUT2D eigenvalue weighted by atomic mass is 15.2. The Kier molecular flexibility index (Phi) is 2.18. The fourth-order valence-electron chi connectivity index (χ4n) is 1.46. The summed E-state index contributed by atoms with van der Waals surface area (Å²) in [5.41, 5.74) is 1.14. The summed E-state index contributed by atoms with van der Waals surface area (Å²) in [6.45, 7) is 4.56. The first-order valence-corrected chi connectivity index (χ1v) is 4.28. The summed E-state index contributed by atoms with van der Waals surface area (Å²) >= 11 is 0. The summed E-state index contributed by atoms with van der Waals surface area (Å²) < 4.78 is 0. The average Bonchev–Trinajstić information content (AvgIpc) is 2.21. The number of nitrogens with two attached hydrogens (primary N) is 1. The summed E-state index contributed by atoms with van der Waals surface area (Å²) in [7, 11) is 0. The van der Waals surface area contributed by atoms with Crippen molar-refractivity contribution in [2.45, 2.75) is 0 Å². The number of hydrogen-bond donors (Lipinski definition) is 1. The van der Waals surface area contributed by atoms with E-state index in [9.17, 15) is 0 Å². The first kappa shape index (κ1) is 7.49. The topological polar surface area (TPSA) is 45.6 Å². The highest BCUT2D eigenvalue weighted by Crippen LogP contribution is 2.08. The molecule has 64 valence electrons. The van der Waals surface area contributed by atoms with E-state index >= 15 is 0 Å². The zero-order chi connectivity index (χ0) is 8.23. The Morgan fingerprint density at radius 1 is 1.17 bits per heavy atom. The van der Waals surface area contributed by atoms with Crippen LogP contribution >= 0.6 is 0 Å². The first-order valence-electron chi connectivity index (χ1n) is 4.28. The first-order chi connectivity index (χ1) is 5.97. The zero-order valence-corrected chi connectivity index (χ0v) is 6.98. The fourth-order valence-corrected chi connectivity index (χ4v) is 1.46. The van der Waals surface area contributed by atoms with Gasteiger partial charge in [0, 0.05) is 0 Å². The van der Waals surface area contributed by atoms with Gasteiger partial charge < -0.3 is 10.2 Å². The lowest BCUT2D eigenvalue weighted by Gasteiger charge is -2.26. The Labute approximate surface area is 71.6 Å². The molecule has 1 aromatic rings. The summed E-state index contributed by atoms with van der Waals surface area (Å²) in [6, 6.07) is 0. The maximum atomic E-state index is 4.00. The van der Waals surface area contributed by atoms with Crippen LogP contribution in [-0.4, -0.2) is 36.1 Å². The second-order valence-electron chi connectivity index (χ2n) is 2.95. The Balaban J connectivity index is 2.08. The van der Waals surface area contributed by atoms with Gasteiger partial charge in [-0.15, -0.1) is 0 Å². The number of hydrogen-bond acceptors (Lipinski definition) is 3. The molecule has 2 rings (SSSR count). The summed E-state index contributed by atoms with van der Waals surface area (Å²) in [6.07, 6.45) is 5.32. The number of piperazine rings is 1. The molecule has 0 spiro atoms. The van der Waals surface area contributed by atoms with Crippen LogP contribution in [0.2, 0.25) is 0 Å². The molecule has 0 aromatic carbocycles. The molecule has 1 aromatic heterocycles. The molecule has 1 saturated heterocycles. The summed E-state index contributed by atoms with van der Waals surface area (Å²) in [5, 5.41) is 2.33. The van der Waals surface area contributed by atoms with E-state index in [0.29, 0.717) is 0 Å². The molecule has 4 heteroatoms. The van der Waals surface area contributed by atoms with Gasteiger partial charge in [0.05, 0.1) is 44.3 Å². The van der Waals surface area contributed by atoms with Crippen molar-refractivity contribution in [3.8, 4) is 0 Å². The highest BCUT2D eigenvalue weighted by molar-refractivity contribution is 5.41. The molecule has 2 N–H and O–H groups in total. The minimum Gasteiger partial charge on any atom is -0.358 e. The number of nitrogens with zero attached hydrogens (tertiary/aromatic N) is 3. The van der Waals surface area contributed by atoms with Gasteiger partial charge >= 0.3 is 0 Å². The maximum absolute atomic E-state index is 4.00. The van der Waals surface area contributed by atoms with Gasteiger partial charge in [0.1, 0.15) is 6.33 Å². The van der Waals surface area contributed by atoms with Crippen LogP contribution in [0.5, 0.6) is 0 Å². The van der Waals surface area contributed by atoms with Crippen LogP contribution in [0.3, 0.4) is 0 Å². The van der Waals surface area contributed by atoms with Gasteiger partial charge in [-0.25, -0.2) is 9.97 Å². The molecule has 4 nitrogen and oxygen atoms in total. The molecule has 0 saturated carbocycles. The van der Waals surface area contributed by atoms with Gasteiger partial charge in [-0.1, -0.05) is 0 Å². The third kappa shape index (κ3) is 1.53. The lowest BCUT2D eigenvalue weighted by atomic mass is 10.3. The van der Waals surface area contributed by atoms with Crippen LogP contribution < -0.4 is 10.2 Å². The van der Waals surface area contributed by atoms with E-state index in [1.807, 2.05) is 12.4 Å². The lowest BCUT2D eigenvalue weighted by Crippen LogP contribution is -2.89. The third-order valence-electron chi connectivity index (χ3n) is 2.12. The number of aromatic nitrogens is 2. The van der Waals surface area contributed by atoms with Crippen LogP contribution in [0, 0.1) is 0 Å². The van der Waals surface area contributed by atoms with Crippen molar-refractivity contribution in [3.05, 3.63) is 18.7 Å². The molecule has 0 aliphatic carbocycles. The normalized spacial score (nSPS) is 17.8. The molecule has 1 aliphatic rings. The number of anilines is 1. The number of quaternary nitrogens is 1. The van der Waals surface area contributed by atoms with Crippen LogP contribution in [0.15, 0.2) is 18.7 Å². The van der Waals surface area contributed by atoms with Gasteiger partial charge in [0.15, 0.2) is 0 Å². The van der Waals surface area contributed by atoms with E-state index in [2.05, 4.69) is 20.2 Å². The van der Waals surface area contributed by atoms with Gasteiger partial charge in [-0.2, -0.15) is 0 Å². The SMILES string of the molecule is c1ncc(N2CC[NH2+]CC2)cn1. The van der Waals surface area contributed by atoms with E-state index in [4.69, 9.17) is 0 Å². The average molecular weight is 165 g/mol. The van der Waals surface area contributed by atoms with Crippen molar-refractivity contribution in [2.24, 2.45) is 0 Å². The van der Waals surface area contributed by atoms with Gasteiger partial charge in [0.25, 0.3) is 0 Å². The van der Waals surface area contributed by atoms with E-state index in [-0.39, 0.29) is 0 Å². The molecule has 0 unspecified atom stereocenters. The quantitative estimate of drug-likeness (QED) is 0.572. The predicted octanol–water partition coefficient (Wildman–Crippen LogP) is -1.14. The molecule has 0 bridgehead atoms. The minimum atomic E-state index is 1.10. The molecule has 2 heterocycles.